The van der Waals surface area contributed by atoms with Crippen molar-refractivity contribution in [3.63, 3.8) is 0 Å². The van der Waals surface area contributed by atoms with E-state index in [1.54, 1.807) is 10.7 Å². The summed E-state index contributed by atoms with van der Waals surface area (Å²) < 4.78 is 4.96. The molecule has 0 amide bonds. The van der Waals surface area contributed by atoms with Crippen LogP contribution in [0.1, 0.15) is 33.4 Å². The number of hydrogen-bond acceptors (Lipinski definition) is 0. The van der Waals surface area contributed by atoms with E-state index in [9.17, 15) is 0 Å². The van der Waals surface area contributed by atoms with E-state index in [-0.39, 0.29) is 4.70 Å². The van der Waals surface area contributed by atoms with Gasteiger partial charge in [-0.1, -0.05) is 0 Å². The fourth-order valence-electron chi connectivity index (χ4n) is 4.00. The van der Waals surface area contributed by atoms with E-state index in [1.165, 1.54) is 33.4 Å². The number of aryl methyl sites for hydroxylation is 6. The first-order chi connectivity index (χ1) is 11.9. The van der Waals surface area contributed by atoms with Crippen molar-refractivity contribution in [3.05, 3.63) is 88.0 Å². The molecule has 0 unspecified atom stereocenters. The Balaban J connectivity index is 0.00000243. The van der Waals surface area contributed by atoms with Crippen molar-refractivity contribution in [2.24, 2.45) is 0 Å². The second kappa shape index (κ2) is 8.39. The predicted molar refractivity (Wildman–Crippen MR) is 112 cm³/mol. The molecule has 0 aliphatic carbocycles. The Hall–Kier alpha value is -1.61. The molecule has 0 aliphatic rings. The SMILES string of the molecule is Cc1cccc(C)[c]1[Sn+]([c]1c(C)cccc1C)[c]1c(C)cccc1C.[F-]. The summed E-state index contributed by atoms with van der Waals surface area (Å²) in [5.74, 6) is 0. The summed E-state index contributed by atoms with van der Waals surface area (Å²) in [6, 6.07) is 20.4. The predicted octanol–water partition coefficient (Wildman–Crippen LogP) is 1.06. The van der Waals surface area contributed by atoms with E-state index in [0.29, 0.717) is 0 Å². The maximum Gasteiger partial charge on any atom is -1.00 e. The molecular weight excluding hydrogens is 426 g/mol. The van der Waals surface area contributed by atoms with Gasteiger partial charge in [0.2, 0.25) is 0 Å². The van der Waals surface area contributed by atoms with Crippen LogP contribution in [0.3, 0.4) is 0 Å². The van der Waals surface area contributed by atoms with E-state index in [1.807, 2.05) is 0 Å². The summed E-state index contributed by atoms with van der Waals surface area (Å²) in [5.41, 5.74) is 8.75. The van der Waals surface area contributed by atoms with Gasteiger partial charge < -0.3 is 4.70 Å². The van der Waals surface area contributed by atoms with Gasteiger partial charge in [0.15, 0.2) is 0 Å². The number of halogens is 1. The molecule has 0 N–H and O–H groups in total. The maximum atomic E-state index is 2.30. The van der Waals surface area contributed by atoms with Gasteiger partial charge in [-0.05, 0) is 0 Å². The fraction of sp³-hybridized carbons (Fsp3) is 0.250. The minimum atomic E-state index is -2.30. The molecule has 3 rings (SSSR count). The van der Waals surface area contributed by atoms with Crippen LogP contribution in [-0.2, 0) is 0 Å². The molecule has 3 aromatic carbocycles. The molecule has 0 bridgehead atoms. The van der Waals surface area contributed by atoms with Crippen molar-refractivity contribution < 1.29 is 4.70 Å². The molecule has 0 spiro atoms. The van der Waals surface area contributed by atoms with E-state index in [4.69, 9.17) is 0 Å². The minimum absolute atomic E-state index is 0. The number of benzene rings is 3. The summed E-state index contributed by atoms with van der Waals surface area (Å²) >= 11 is -2.30. The van der Waals surface area contributed by atoms with Crippen LogP contribution >= 0.6 is 0 Å². The first-order valence-electron chi connectivity index (χ1n) is 8.98. The smallest absolute Gasteiger partial charge is 1.00 e. The fourth-order valence-corrected chi connectivity index (χ4v) is 14.3. The maximum absolute atomic E-state index is 2.30. The molecular formula is C24H27FSn. The van der Waals surface area contributed by atoms with Crippen LogP contribution in [0.2, 0.25) is 0 Å². The first-order valence-corrected chi connectivity index (χ1v) is 13.3. The van der Waals surface area contributed by atoms with Gasteiger partial charge in [-0.25, -0.2) is 0 Å². The third-order valence-corrected chi connectivity index (χ3v) is 16.2. The number of rotatable bonds is 3. The Morgan fingerprint density at radius 3 is 0.808 bits per heavy atom. The van der Waals surface area contributed by atoms with E-state index in [2.05, 4.69) is 96.1 Å². The van der Waals surface area contributed by atoms with Crippen LogP contribution in [0.15, 0.2) is 54.6 Å². The zero-order valence-electron chi connectivity index (χ0n) is 16.6. The zero-order valence-corrected chi connectivity index (χ0v) is 19.4. The monoisotopic (exact) mass is 454 g/mol. The van der Waals surface area contributed by atoms with Gasteiger partial charge in [-0.2, -0.15) is 0 Å². The van der Waals surface area contributed by atoms with Gasteiger partial charge in [0.1, 0.15) is 0 Å². The first kappa shape index (κ1) is 20.7. The summed E-state index contributed by atoms with van der Waals surface area (Å²) in [6.07, 6.45) is 0. The average molecular weight is 453 g/mol. The van der Waals surface area contributed by atoms with Crippen molar-refractivity contribution in [1.29, 1.82) is 0 Å². The molecule has 134 valence electrons. The summed E-state index contributed by atoms with van der Waals surface area (Å²) in [6.45, 7) is 13.8. The van der Waals surface area contributed by atoms with Crippen LogP contribution < -0.4 is 15.4 Å². The van der Waals surface area contributed by atoms with Crippen molar-refractivity contribution in [3.8, 4) is 0 Å². The zero-order chi connectivity index (χ0) is 18.1. The summed E-state index contributed by atoms with van der Waals surface area (Å²) in [4.78, 5) is 0. The number of hydrogen-bond donors (Lipinski definition) is 0. The second-order valence-electron chi connectivity index (χ2n) is 7.18. The van der Waals surface area contributed by atoms with Gasteiger partial charge in [-0.3, -0.25) is 0 Å². The van der Waals surface area contributed by atoms with Gasteiger partial charge in [0, 0.05) is 0 Å². The average Bonchev–Trinajstić information content (AvgIpc) is 2.53. The van der Waals surface area contributed by atoms with Crippen LogP contribution in [0.25, 0.3) is 0 Å². The van der Waals surface area contributed by atoms with Crippen LogP contribution in [0.4, 0.5) is 0 Å². The van der Waals surface area contributed by atoms with Gasteiger partial charge in [-0.15, -0.1) is 0 Å². The Labute approximate surface area is 164 Å². The van der Waals surface area contributed by atoms with Crippen LogP contribution in [0.5, 0.6) is 0 Å². The molecule has 0 aliphatic heterocycles. The Kier molecular flexibility index (Phi) is 6.68. The summed E-state index contributed by atoms with van der Waals surface area (Å²) in [7, 11) is 0. The van der Waals surface area contributed by atoms with E-state index in [0.717, 1.165) is 0 Å². The Bertz CT molecular complexity index is 744. The van der Waals surface area contributed by atoms with Gasteiger partial charge in [0.25, 0.3) is 0 Å². The molecule has 0 saturated heterocycles. The molecule has 0 radical (unpaired) electrons. The second-order valence-corrected chi connectivity index (χ2v) is 13.6. The van der Waals surface area contributed by atoms with Crippen molar-refractivity contribution in [1.82, 2.24) is 0 Å². The molecule has 0 heterocycles. The molecule has 0 aromatic heterocycles. The van der Waals surface area contributed by atoms with Gasteiger partial charge >= 0.3 is 160 Å². The third kappa shape index (κ3) is 3.73. The molecule has 3 aromatic rings. The normalized spacial score (nSPS) is 10.4. The molecule has 0 nitrogen and oxygen atoms in total. The summed E-state index contributed by atoms with van der Waals surface area (Å²) in [5, 5.41) is 0. The van der Waals surface area contributed by atoms with Gasteiger partial charge in [0.05, 0.1) is 0 Å². The van der Waals surface area contributed by atoms with E-state index >= 15 is 0 Å². The molecule has 26 heavy (non-hydrogen) atoms. The van der Waals surface area contributed by atoms with E-state index < -0.39 is 19.8 Å². The van der Waals surface area contributed by atoms with Crippen molar-refractivity contribution in [2.75, 3.05) is 0 Å². The standard InChI is InChI=1S/3C8H9.FH.Sn/c3*1-7-4-3-5-8(2)6-7;;/h3*3-5H,1-2H3;1H;/q;;;;+1/p-1. The van der Waals surface area contributed by atoms with Crippen LogP contribution in [0, 0.1) is 41.5 Å². The Morgan fingerprint density at radius 1 is 0.423 bits per heavy atom. The van der Waals surface area contributed by atoms with Crippen LogP contribution in [-0.4, -0.2) is 19.8 Å². The minimum Gasteiger partial charge on any atom is -1.00 e. The molecule has 0 saturated carbocycles. The Morgan fingerprint density at radius 2 is 0.615 bits per heavy atom. The molecule has 0 atom stereocenters. The topological polar surface area (TPSA) is 0 Å². The van der Waals surface area contributed by atoms with Crippen molar-refractivity contribution >= 4 is 30.5 Å². The third-order valence-electron chi connectivity index (χ3n) is 5.19. The largest absolute Gasteiger partial charge is 1.00 e. The quantitative estimate of drug-likeness (QED) is 0.521. The molecule has 2 heteroatoms. The molecule has 0 fully saturated rings. The van der Waals surface area contributed by atoms with Crippen molar-refractivity contribution in [2.45, 2.75) is 41.5 Å².